The molecule has 0 bridgehead atoms. The number of rotatable bonds is 2. The Bertz CT molecular complexity index is 471. The Hall–Kier alpha value is -2.03. The molecule has 0 aliphatic carbocycles. The molecule has 0 saturated carbocycles. The molecular weight excluding hydrogens is 188 g/mol. The van der Waals surface area contributed by atoms with Crippen molar-refractivity contribution in [2.24, 2.45) is 0 Å². The number of nitrogens with zero attached hydrogens (tertiary/aromatic N) is 1. The molecule has 2 rings (SSSR count). The molecule has 0 amide bonds. The number of hydrogen-bond donors (Lipinski definition) is 1. The fraction of sp³-hybridized carbons (Fsp3) is 0.0833. The molecule has 3 nitrogen and oxygen atoms in total. The van der Waals surface area contributed by atoms with Gasteiger partial charge in [-0.3, -0.25) is 0 Å². The molecule has 1 aromatic carbocycles. The van der Waals surface area contributed by atoms with Crippen molar-refractivity contribution >= 4 is 17.5 Å². The molecule has 0 radical (unpaired) electrons. The van der Waals surface area contributed by atoms with E-state index in [0.717, 1.165) is 11.1 Å². The van der Waals surface area contributed by atoms with Crippen LogP contribution in [0.15, 0.2) is 40.9 Å². The molecule has 0 aliphatic heterocycles. The van der Waals surface area contributed by atoms with Crippen LogP contribution >= 0.6 is 0 Å². The average molecular weight is 200 g/mol. The van der Waals surface area contributed by atoms with Gasteiger partial charge in [-0.05, 0) is 24.1 Å². The van der Waals surface area contributed by atoms with Crippen molar-refractivity contribution in [3.05, 3.63) is 47.7 Å². The van der Waals surface area contributed by atoms with E-state index in [1.807, 2.05) is 43.3 Å². The van der Waals surface area contributed by atoms with E-state index in [9.17, 15) is 0 Å². The van der Waals surface area contributed by atoms with Gasteiger partial charge in [-0.15, -0.1) is 0 Å². The van der Waals surface area contributed by atoms with Gasteiger partial charge in [-0.2, -0.15) is 0 Å². The maximum absolute atomic E-state index is 5.48. The summed E-state index contributed by atoms with van der Waals surface area (Å²) < 4.78 is 5.05. The number of anilines is 1. The van der Waals surface area contributed by atoms with Crippen molar-refractivity contribution in [3.63, 3.8) is 0 Å². The summed E-state index contributed by atoms with van der Waals surface area (Å²) in [5.74, 6) is 1.11. The third-order valence-corrected chi connectivity index (χ3v) is 2.10. The predicted molar refractivity (Wildman–Crippen MR) is 60.9 cm³/mol. The molecule has 0 fully saturated rings. The van der Waals surface area contributed by atoms with Crippen LogP contribution in [0.4, 0.5) is 5.82 Å². The third kappa shape index (κ3) is 2.26. The van der Waals surface area contributed by atoms with Gasteiger partial charge in [0.05, 0.1) is 0 Å². The fourth-order valence-corrected chi connectivity index (χ4v) is 1.35. The van der Waals surface area contributed by atoms with E-state index >= 15 is 0 Å². The second kappa shape index (κ2) is 4.00. The van der Waals surface area contributed by atoms with Crippen LogP contribution in [0, 0.1) is 0 Å². The minimum absolute atomic E-state index is 0.408. The van der Waals surface area contributed by atoms with Crippen molar-refractivity contribution in [2.75, 3.05) is 5.73 Å². The lowest BCUT2D eigenvalue weighted by Crippen LogP contribution is -1.80. The molecule has 2 aromatic rings. The average Bonchev–Trinajstić information content (AvgIpc) is 2.66. The van der Waals surface area contributed by atoms with Gasteiger partial charge in [0, 0.05) is 6.07 Å². The van der Waals surface area contributed by atoms with E-state index < -0.39 is 0 Å². The van der Waals surface area contributed by atoms with Crippen LogP contribution in [0.3, 0.4) is 0 Å². The van der Waals surface area contributed by atoms with Crippen LogP contribution in [0.5, 0.6) is 0 Å². The molecule has 0 saturated heterocycles. The van der Waals surface area contributed by atoms with Crippen molar-refractivity contribution < 1.29 is 4.52 Å². The molecule has 1 aromatic heterocycles. The quantitative estimate of drug-likeness (QED) is 0.810. The van der Waals surface area contributed by atoms with Crippen LogP contribution in [0.1, 0.15) is 18.2 Å². The first-order valence-electron chi connectivity index (χ1n) is 4.71. The summed E-state index contributed by atoms with van der Waals surface area (Å²) >= 11 is 0. The highest BCUT2D eigenvalue weighted by molar-refractivity contribution is 5.78. The molecule has 0 aliphatic rings. The van der Waals surface area contributed by atoms with Crippen molar-refractivity contribution in [3.8, 4) is 0 Å². The van der Waals surface area contributed by atoms with Crippen molar-refractivity contribution in [2.45, 2.75) is 6.92 Å². The predicted octanol–water partition coefficient (Wildman–Crippen LogP) is 2.82. The van der Waals surface area contributed by atoms with E-state index in [1.54, 1.807) is 6.07 Å². The van der Waals surface area contributed by atoms with Gasteiger partial charge in [0.1, 0.15) is 0 Å². The zero-order chi connectivity index (χ0) is 10.7. The van der Waals surface area contributed by atoms with E-state index in [2.05, 4.69) is 5.16 Å². The van der Waals surface area contributed by atoms with Crippen LogP contribution < -0.4 is 5.73 Å². The zero-order valence-corrected chi connectivity index (χ0v) is 8.47. The molecule has 0 unspecified atom stereocenters. The van der Waals surface area contributed by atoms with E-state index in [1.165, 1.54) is 0 Å². The maximum atomic E-state index is 5.48. The molecule has 0 spiro atoms. The van der Waals surface area contributed by atoms with Gasteiger partial charge in [0.2, 0.25) is 0 Å². The van der Waals surface area contributed by atoms with E-state index in [-0.39, 0.29) is 0 Å². The molecular formula is C12H12N2O. The van der Waals surface area contributed by atoms with Crippen LogP contribution in [-0.2, 0) is 0 Å². The van der Waals surface area contributed by atoms with Gasteiger partial charge in [-0.1, -0.05) is 35.5 Å². The SMILES string of the molecule is C/C(=C/c1ccccc1)c1cc(N)no1. The molecule has 76 valence electrons. The minimum atomic E-state index is 0.408. The Kier molecular flexibility index (Phi) is 2.54. The molecule has 15 heavy (non-hydrogen) atoms. The zero-order valence-electron chi connectivity index (χ0n) is 8.47. The van der Waals surface area contributed by atoms with Crippen LogP contribution in [-0.4, -0.2) is 5.16 Å². The molecule has 2 N–H and O–H groups in total. The van der Waals surface area contributed by atoms with Crippen molar-refractivity contribution in [1.29, 1.82) is 0 Å². The van der Waals surface area contributed by atoms with Gasteiger partial charge in [0.15, 0.2) is 11.6 Å². The third-order valence-electron chi connectivity index (χ3n) is 2.10. The summed E-state index contributed by atoms with van der Waals surface area (Å²) in [6.07, 6.45) is 2.03. The first-order valence-corrected chi connectivity index (χ1v) is 4.71. The topological polar surface area (TPSA) is 52.0 Å². The maximum Gasteiger partial charge on any atom is 0.167 e. The number of hydrogen-bond acceptors (Lipinski definition) is 3. The monoisotopic (exact) mass is 200 g/mol. The number of allylic oxidation sites excluding steroid dienone is 1. The lowest BCUT2D eigenvalue weighted by atomic mass is 10.1. The highest BCUT2D eigenvalue weighted by atomic mass is 16.5. The summed E-state index contributed by atoms with van der Waals surface area (Å²) in [4.78, 5) is 0. The fourth-order valence-electron chi connectivity index (χ4n) is 1.35. The number of benzene rings is 1. The number of nitrogen functional groups attached to an aromatic ring is 1. The summed E-state index contributed by atoms with van der Waals surface area (Å²) in [5, 5.41) is 3.64. The van der Waals surface area contributed by atoms with Gasteiger partial charge >= 0.3 is 0 Å². The van der Waals surface area contributed by atoms with Gasteiger partial charge < -0.3 is 10.3 Å². The molecule has 3 heteroatoms. The lowest BCUT2D eigenvalue weighted by molar-refractivity contribution is 0.413. The lowest BCUT2D eigenvalue weighted by Gasteiger charge is -1.95. The normalized spacial score (nSPS) is 11.7. The summed E-state index contributed by atoms with van der Waals surface area (Å²) in [5.41, 5.74) is 7.61. The highest BCUT2D eigenvalue weighted by Crippen LogP contribution is 2.18. The second-order valence-electron chi connectivity index (χ2n) is 3.35. The largest absolute Gasteiger partial charge is 0.381 e. The Balaban J connectivity index is 2.28. The summed E-state index contributed by atoms with van der Waals surface area (Å²) in [6, 6.07) is 11.8. The first kappa shape index (κ1) is 9.52. The smallest absolute Gasteiger partial charge is 0.167 e. The number of aromatic nitrogens is 1. The first-order chi connectivity index (χ1) is 7.25. The molecule has 0 atom stereocenters. The van der Waals surface area contributed by atoms with Gasteiger partial charge in [-0.25, -0.2) is 0 Å². The Morgan fingerprint density at radius 3 is 2.67 bits per heavy atom. The second-order valence-corrected chi connectivity index (χ2v) is 3.35. The van der Waals surface area contributed by atoms with E-state index in [4.69, 9.17) is 10.3 Å². The minimum Gasteiger partial charge on any atom is -0.381 e. The standard InChI is InChI=1S/C12H12N2O/c1-9(11-8-12(13)14-15-11)7-10-5-3-2-4-6-10/h2-8H,1H3,(H2,13,14)/b9-7-. The summed E-state index contributed by atoms with van der Waals surface area (Å²) in [7, 11) is 0. The molecule has 1 heterocycles. The van der Waals surface area contributed by atoms with E-state index in [0.29, 0.717) is 11.6 Å². The van der Waals surface area contributed by atoms with Crippen LogP contribution in [0.25, 0.3) is 11.6 Å². The Morgan fingerprint density at radius 1 is 1.33 bits per heavy atom. The Morgan fingerprint density at radius 2 is 2.07 bits per heavy atom. The number of nitrogens with two attached hydrogens (primary N) is 1. The van der Waals surface area contributed by atoms with Crippen LogP contribution in [0.2, 0.25) is 0 Å². The van der Waals surface area contributed by atoms with Gasteiger partial charge in [0.25, 0.3) is 0 Å². The Labute approximate surface area is 88.2 Å². The summed E-state index contributed by atoms with van der Waals surface area (Å²) in [6.45, 7) is 1.97. The highest BCUT2D eigenvalue weighted by Gasteiger charge is 2.02. The van der Waals surface area contributed by atoms with Crippen molar-refractivity contribution in [1.82, 2.24) is 5.16 Å².